The minimum atomic E-state index is -0.565. The highest BCUT2D eigenvalue weighted by Crippen LogP contribution is 2.35. The van der Waals surface area contributed by atoms with Gasteiger partial charge in [0.25, 0.3) is 0 Å². The summed E-state index contributed by atoms with van der Waals surface area (Å²) in [5.41, 5.74) is 0.513. The molecule has 2 aromatic rings. The molecule has 2 rings (SSSR count). The highest BCUT2D eigenvalue weighted by atomic mass is 35.5. The van der Waals surface area contributed by atoms with Crippen LogP contribution in [0, 0.1) is 0 Å². The second-order valence-corrected chi connectivity index (χ2v) is 4.42. The molecule has 0 radical (unpaired) electrons. The van der Waals surface area contributed by atoms with Crippen molar-refractivity contribution in [1.29, 1.82) is 0 Å². The molecule has 0 heterocycles. The van der Waals surface area contributed by atoms with Crippen molar-refractivity contribution in [3.8, 4) is 17.2 Å². The number of halogens is 1. The van der Waals surface area contributed by atoms with E-state index in [1.807, 2.05) is 12.1 Å². The summed E-state index contributed by atoms with van der Waals surface area (Å²) < 4.78 is 15.4. The maximum Gasteiger partial charge on any atom is 0.411 e. The molecule has 0 saturated carbocycles. The fraction of sp³-hybridized carbons (Fsp3) is 0.133. The summed E-state index contributed by atoms with van der Waals surface area (Å²) in [5.74, 6) is 1.61. The zero-order valence-corrected chi connectivity index (χ0v) is 12.3. The minimum Gasteiger partial charge on any atom is -0.493 e. The molecule has 0 saturated heterocycles. The number of methoxy groups -OCH3 is 2. The number of anilines is 1. The summed E-state index contributed by atoms with van der Waals surface area (Å²) in [6, 6.07) is 12.1. The molecule has 5 nitrogen and oxygen atoms in total. The molecule has 0 fully saturated rings. The van der Waals surface area contributed by atoms with E-state index in [1.54, 1.807) is 37.4 Å². The van der Waals surface area contributed by atoms with Crippen molar-refractivity contribution < 1.29 is 19.0 Å². The van der Waals surface area contributed by atoms with Crippen LogP contribution in [0.25, 0.3) is 0 Å². The van der Waals surface area contributed by atoms with E-state index in [2.05, 4.69) is 10.1 Å². The van der Waals surface area contributed by atoms with Crippen molar-refractivity contribution >= 4 is 23.4 Å². The van der Waals surface area contributed by atoms with Crippen LogP contribution in [0.5, 0.6) is 17.2 Å². The highest BCUT2D eigenvalue weighted by Gasteiger charge is 2.09. The molecule has 0 aliphatic carbocycles. The Kier molecular flexibility index (Phi) is 4.90. The topological polar surface area (TPSA) is 56.8 Å². The monoisotopic (exact) mass is 307 g/mol. The van der Waals surface area contributed by atoms with Crippen LogP contribution in [0.4, 0.5) is 10.5 Å². The van der Waals surface area contributed by atoms with Crippen molar-refractivity contribution in [3.63, 3.8) is 0 Å². The Morgan fingerprint density at radius 1 is 1.05 bits per heavy atom. The van der Waals surface area contributed by atoms with E-state index < -0.39 is 6.09 Å². The summed E-state index contributed by atoms with van der Waals surface area (Å²) in [7, 11) is 2.85. The summed E-state index contributed by atoms with van der Waals surface area (Å²) >= 11 is 6.14. The number of hydrogen-bond acceptors (Lipinski definition) is 4. The molecule has 110 valence electrons. The molecule has 21 heavy (non-hydrogen) atoms. The van der Waals surface area contributed by atoms with Crippen LogP contribution in [-0.4, -0.2) is 20.3 Å². The lowest BCUT2D eigenvalue weighted by molar-refractivity contribution is 0.187. The van der Waals surface area contributed by atoms with Crippen LogP contribution in [0.15, 0.2) is 42.5 Å². The summed E-state index contributed by atoms with van der Waals surface area (Å²) in [6.07, 6.45) is -0.565. The van der Waals surface area contributed by atoms with E-state index in [0.717, 1.165) is 0 Å². The zero-order chi connectivity index (χ0) is 15.2. The van der Waals surface area contributed by atoms with Gasteiger partial charge >= 0.3 is 6.09 Å². The second-order valence-electron chi connectivity index (χ2n) is 4.01. The minimum absolute atomic E-state index is 0.356. The number of nitrogens with one attached hydrogen (secondary N) is 1. The van der Waals surface area contributed by atoms with Gasteiger partial charge in [-0.15, -0.1) is 0 Å². The van der Waals surface area contributed by atoms with Crippen molar-refractivity contribution in [2.24, 2.45) is 0 Å². The standard InChI is InChI=1S/C15H14ClNO4/c1-19-13-5-3-4-6-14(13)21-12-8-7-10(9-11(12)16)17-15(18)20-2/h3-9H,1-2H3,(H,17,18). The van der Waals surface area contributed by atoms with E-state index in [0.29, 0.717) is 28.0 Å². The van der Waals surface area contributed by atoms with Gasteiger partial charge in [-0.05, 0) is 30.3 Å². The average Bonchev–Trinajstić information content (AvgIpc) is 2.50. The molecular weight excluding hydrogens is 294 g/mol. The van der Waals surface area contributed by atoms with Gasteiger partial charge in [0, 0.05) is 5.69 Å². The fourth-order valence-corrected chi connectivity index (χ4v) is 1.87. The largest absolute Gasteiger partial charge is 0.493 e. The first-order chi connectivity index (χ1) is 10.1. The van der Waals surface area contributed by atoms with Gasteiger partial charge in [0.15, 0.2) is 11.5 Å². The Morgan fingerprint density at radius 2 is 1.76 bits per heavy atom. The van der Waals surface area contributed by atoms with Gasteiger partial charge in [0.05, 0.1) is 19.2 Å². The SMILES string of the molecule is COC(=O)Nc1ccc(Oc2ccccc2OC)c(Cl)c1. The van der Waals surface area contributed by atoms with Crippen LogP contribution >= 0.6 is 11.6 Å². The van der Waals surface area contributed by atoms with E-state index in [1.165, 1.54) is 7.11 Å². The van der Waals surface area contributed by atoms with Crippen LogP contribution in [0.3, 0.4) is 0 Å². The van der Waals surface area contributed by atoms with Crippen molar-refractivity contribution in [2.75, 3.05) is 19.5 Å². The van der Waals surface area contributed by atoms with Crippen molar-refractivity contribution in [3.05, 3.63) is 47.5 Å². The Balaban J connectivity index is 2.19. The lowest BCUT2D eigenvalue weighted by Gasteiger charge is -2.12. The number of para-hydroxylation sites is 2. The van der Waals surface area contributed by atoms with E-state index in [-0.39, 0.29) is 0 Å². The molecule has 0 bridgehead atoms. The van der Waals surface area contributed by atoms with Gasteiger partial charge in [-0.25, -0.2) is 4.79 Å². The third-order valence-corrected chi connectivity index (χ3v) is 2.95. The van der Waals surface area contributed by atoms with E-state index in [4.69, 9.17) is 21.1 Å². The molecule has 0 aliphatic rings. The zero-order valence-electron chi connectivity index (χ0n) is 11.6. The Labute approximate surface area is 127 Å². The predicted octanol–water partition coefficient (Wildman–Crippen LogP) is 4.32. The smallest absolute Gasteiger partial charge is 0.411 e. The molecule has 1 amide bonds. The van der Waals surface area contributed by atoms with Gasteiger partial charge in [-0.1, -0.05) is 23.7 Å². The Hall–Kier alpha value is -2.40. The Morgan fingerprint density at radius 3 is 2.38 bits per heavy atom. The van der Waals surface area contributed by atoms with E-state index >= 15 is 0 Å². The van der Waals surface area contributed by atoms with Crippen LogP contribution in [0.2, 0.25) is 5.02 Å². The maximum absolute atomic E-state index is 11.1. The number of carbonyl (C=O) groups is 1. The maximum atomic E-state index is 11.1. The first kappa shape index (κ1) is 15.0. The lowest BCUT2D eigenvalue weighted by Crippen LogP contribution is -2.10. The number of benzene rings is 2. The van der Waals surface area contributed by atoms with Gasteiger partial charge in [0.1, 0.15) is 5.75 Å². The number of ether oxygens (including phenoxy) is 3. The summed E-state index contributed by atoms with van der Waals surface area (Å²) in [4.78, 5) is 11.1. The first-order valence-electron chi connectivity index (χ1n) is 6.09. The predicted molar refractivity (Wildman–Crippen MR) is 80.5 cm³/mol. The third-order valence-electron chi connectivity index (χ3n) is 2.65. The van der Waals surface area contributed by atoms with Gasteiger partial charge in [0.2, 0.25) is 0 Å². The molecule has 0 unspecified atom stereocenters. The van der Waals surface area contributed by atoms with E-state index in [9.17, 15) is 4.79 Å². The molecular formula is C15H14ClNO4. The van der Waals surface area contributed by atoms with Crippen LogP contribution in [0.1, 0.15) is 0 Å². The quantitative estimate of drug-likeness (QED) is 0.914. The van der Waals surface area contributed by atoms with Gasteiger partial charge in [-0.3, -0.25) is 5.32 Å². The molecule has 0 aliphatic heterocycles. The van der Waals surface area contributed by atoms with Crippen molar-refractivity contribution in [2.45, 2.75) is 0 Å². The number of carbonyl (C=O) groups excluding carboxylic acids is 1. The summed E-state index contributed by atoms with van der Waals surface area (Å²) in [6.45, 7) is 0. The molecule has 0 atom stereocenters. The van der Waals surface area contributed by atoms with Crippen molar-refractivity contribution in [1.82, 2.24) is 0 Å². The second kappa shape index (κ2) is 6.85. The third kappa shape index (κ3) is 3.79. The fourth-order valence-electron chi connectivity index (χ4n) is 1.65. The molecule has 6 heteroatoms. The van der Waals surface area contributed by atoms with Crippen LogP contribution in [-0.2, 0) is 4.74 Å². The Bertz CT molecular complexity index is 645. The summed E-state index contributed by atoms with van der Waals surface area (Å²) in [5, 5.41) is 2.88. The van der Waals surface area contributed by atoms with Gasteiger partial charge < -0.3 is 14.2 Å². The number of rotatable bonds is 4. The molecule has 0 spiro atoms. The molecule has 1 N–H and O–H groups in total. The lowest BCUT2D eigenvalue weighted by atomic mass is 10.3. The number of hydrogen-bond donors (Lipinski definition) is 1. The molecule has 0 aromatic heterocycles. The molecule has 2 aromatic carbocycles. The van der Waals surface area contributed by atoms with Crippen LogP contribution < -0.4 is 14.8 Å². The number of amides is 1. The normalized spacial score (nSPS) is 9.86. The average molecular weight is 308 g/mol. The van der Waals surface area contributed by atoms with Gasteiger partial charge in [-0.2, -0.15) is 0 Å². The first-order valence-corrected chi connectivity index (χ1v) is 6.47. The highest BCUT2D eigenvalue weighted by molar-refractivity contribution is 6.32.